The molecule has 0 saturated carbocycles. The van der Waals surface area contributed by atoms with Crippen molar-refractivity contribution in [3.8, 4) is 11.3 Å². The van der Waals surface area contributed by atoms with Crippen LogP contribution in [0.2, 0.25) is 0 Å². The highest BCUT2D eigenvalue weighted by Crippen LogP contribution is 2.30. The van der Waals surface area contributed by atoms with Gasteiger partial charge in [-0.05, 0) is 63.2 Å². The zero-order chi connectivity index (χ0) is 26.6. The molecule has 0 atom stereocenters. The predicted octanol–water partition coefficient (Wildman–Crippen LogP) is 5.11. The molecule has 0 aliphatic rings. The van der Waals surface area contributed by atoms with E-state index in [0.717, 1.165) is 0 Å². The number of imidazole rings is 1. The fourth-order valence-electron chi connectivity index (χ4n) is 3.81. The molecule has 2 aromatic carbocycles. The lowest BCUT2D eigenvalue weighted by Gasteiger charge is -2.20. The van der Waals surface area contributed by atoms with Crippen LogP contribution in [0.3, 0.4) is 0 Å². The number of nitrogens with zero attached hydrogens (tertiary/aromatic N) is 4. The Morgan fingerprint density at radius 3 is 2.51 bits per heavy atom. The quantitative estimate of drug-likeness (QED) is 0.291. The lowest BCUT2D eigenvalue weighted by Crippen LogP contribution is -2.40. The molecule has 0 aliphatic heterocycles. The summed E-state index contributed by atoms with van der Waals surface area (Å²) >= 11 is 0. The number of hydrogen-bond acceptors (Lipinski definition) is 6. The second-order valence-corrected chi connectivity index (χ2v) is 11.1. The van der Waals surface area contributed by atoms with E-state index in [0.29, 0.717) is 22.5 Å². The lowest BCUT2D eigenvalue weighted by molar-refractivity contribution is -0.144. The van der Waals surface area contributed by atoms with Crippen LogP contribution in [0.4, 0.5) is 24.8 Å². The molecular formula is C24H22F3N7O2S. The van der Waals surface area contributed by atoms with Crippen molar-refractivity contribution in [1.29, 1.82) is 0 Å². The number of benzene rings is 2. The van der Waals surface area contributed by atoms with Gasteiger partial charge in [-0.25, -0.2) is 27.6 Å². The van der Waals surface area contributed by atoms with E-state index >= 15 is 0 Å². The minimum Gasteiger partial charge on any atom is -0.334 e. The summed E-state index contributed by atoms with van der Waals surface area (Å²) in [6, 6.07) is 14.6. The molecule has 5 aromatic rings. The molecule has 13 heteroatoms. The number of hydrogen-bond donors (Lipinski definition) is 3. The Morgan fingerprint density at radius 1 is 1.00 bits per heavy atom. The third-order valence-corrected chi connectivity index (χ3v) is 7.04. The first-order valence-corrected chi connectivity index (χ1v) is 12.6. The van der Waals surface area contributed by atoms with Gasteiger partial charge in [-0.1, -0.05) is 12.1 Å². The maximum atomic E-state index is 13.0. The van der Waals surface area contributed by atoms with Crippen LogP contribution in [0.1, 0.15) is 26.6 Å². The lowest BCUT2D eigenvalue weighted by atomic mass is 10.1. The van der Waals surface area contributed by atoms with Crippen molar-refractivity contribution in [1.82, 2.24) is 29.3 Å². The molecule has 9 nitrogen and oxygen atoms in total. The first-order valence-electron chi connectivity index (χ1n) is 11.1. The van der Waals surface area contributed by atoms with Crippen LogP contribution in [0.15, 0.2) is 65.7 Å². The smallest absolute Gasteiger partial charge is 0.334 e. The van der Waals surface area contributed by atoms with Crippen LogP contribution >= 0.6 is 0 Å². The maximum Gasteiger partial charge on any atom is 0.449 e. The Kier molecular flexibility index (Phi) is 5.72. The molecule has 0 unspecified atom stereocenters. The third kappa shape index (κ3) is 5.13. The molecule has 192 valence electrons. The van der Waals surface area contributed by atoms with Gasteiger partial charge < -0.3 is 10.3 Å². The number of H-pyrrole nitrogens is 1. The summed E-state index contributed by atoms with van der Waals surface area (Å²) in [6.45, 7) is 5.29. The number of alkyl halides is 3. The maximum absolute atomic E-state index is 13.0. The fraction of sp³-hybridized carbons (Fsp3) is 0.208. The van der Waals surface area contributed by atoms with Gasteiger partial charge in [0.1, 0.15) is 0 Å². The Hall–Kier alpha value is -3.97. The topological polar surface area (TPSA) is 117 Å². The van der Waals surface area contributed by atoms with Crippen molar-refractivity contribution in [2.75, 3.05) is 5.32 Å². The second kappa shape index (κ2) is 8.56. The average Bonchev–Trinajstić information content (AvgIpc) is 3.41. The van der Waals surface area contributed by atoms with Gasteiger partial charge >= 0.3 is 6.18 Å². The number of aromatic nitrogens is 5. The summed E-state index contributed by atoms with van der Waals surface area (Å²) in [5, 5.41) is 7.49. The Labute approximate surface area is 209 Å². The van der Waals surface area contributed by atoms with Gasteiger partial charge in [0.2, 0.25) is 21.8 Å². The first-order chi connectivity index (χ1) is 17.3. The molecule has 0 aliphatic carbocycles. The first kappa shape index (κ1) is 24.7. The molecule has 5 rings (SSSR count). The van der Waals surface area contributed by atoms with Gasteiger partial charge in [-0.15, -0.1) is 5.10 Å². The van der Waals surface area contributed by atoms with Crippen molar-refractivity contribution in [3.05, 3.63) is 66.6 Å². The van der Waals surface area contributed by atoms with E-state index < -0.39 is 27.6 Å². The number of fused-ring (bicyclic) bond motifs is 2. The van der Waals surface area contributed by atoms with Crippen LogP contribution in [0.25, 0.3) is 27.8 Å². The van der Waals surface area contributed by atoms with Gasteiger partial charge in [-0.3, -0.25) is 0 Å². The van der Waals surface area contributed by atoms with Gasteiger partial charge in [-0.2, -0.15) is 13.2 Å². The molecule has 0 saturated heterocycles. The molecular weight excluding hydrogens is 507 g/mol. The molecule has 37 heavy (non-hydrogen) atoms. The summed E-state index contributed by atoms with van der Waals surface area (Å²) < 4.78 is 68.8. The highest BCUT2D eigenvalue weighted by Gasteiger charge is 2.34. The molecule has 3 aromatic heterocycles. The van der Waals surface area contributed by atoms with Crippen molar-refractivity contribution < 1.29 is 21.6 Å². The van der Waals surface area contributed by atoms with Gasteiger partial charge in [0.15, 0.2) is 0 Å². The van der Waals surface area contributed by atoms with Crippen molar-refractivity contribution in [2.45, 2.75) is 37.4 Å². The number of nitrogens with one attached hydrogen (secondary N) is 3. The van der Waals surface area contributed by atoms with E-state index in [1.165, 1.54) is 18.2 Å². The zero-order valence-electron chi connectivity index (χ0n) is 19.9. The Morgan fingerprint density at radius 2 is 1.78 bits per heavy atom. The number of halogens is 3. The molecule has 0 bridgehead atoms. The summed E-state index contributed by atoms with van der Waals surface area (Å²) in [7, 11) is -3.74. The highest BCUT2D eigenvalue weighted by atomic mass is 32.2. The molecule has 0 radical (unpaired) electrons. The van der Waals surface area contributed by atoms with E-state index in [4.69, 9.17) is 0 Å². The standard InChI is InChI=1S/C24H22F3N7O2S/c1-23(2,3)33-37(35,36)17-6-4-5-14(11-17)20-10-8-16-13-28-22(32-34(16)20)29-15-7-9-18-19(12-15)31-21(30-18)24(25,26)27/h4-13,33H,1-3H3,(H,29,32)(H,30,31). The van der Waals surface area contributed by atoms with Gasteiger partial charge in [0.05, 0.1) is 33.3 Å². The fourth-order valence-corrected chi connectivity index (χ4v) is 5.28. The van der Waals surface area contributed by atoms with E-state index in [1.54, 1.807) is 67.9 Å². The van der Waals surface area contributed by atoms with E-state index in [1.807, 2.05) is 0 Å². The number of anilines is 2. The average molecular weight is 530 g/mol. The number of sulfonamides is 1. The number of rotatable bonds is 5. The van der Waals surface area contributed by atoms with Gasteiger partial charge in [0, 0.05) is 16.8 Å². The molecule has 0 amide bonds. The summed E-state index contributed by atoms with van der Waals surface area (Å²) in [4.78, 5) is 10.2. The summed E-state index contributed by atoms with van der Waals surface area (Å²) in [5.74, 6) is -0.880. The number of aromatic amines is 1. The molecule has 0 fully saturated rings. The Balaban J connectivity index is 1.47. The van der Waals surface area contributed by atoms with Crippen molar-refractivity contribution in [2.24, 2.45) is 0 Å². The van der Waals surface area contributed by atoms with Crippen LogP contribution in [-0.2, 0) is 16.2 Å². The molecule has 3 heterocycles. The van der Waals surface area contributed by atoms with Crippen molar-refractivity contribution >= 4 is 38.2 Å². The second-order valence-electron chi connectivity index (χ2n) is 9.46. The van der Waals surface area contributed by atoms with Crippen LogP contribution in [0, 0.1) is 0 Å². The largest absolute Gasteiger partial charge is 0.449 e. The van der Waals surface area contributed by atoms with E-state index in [9.17, 15) is 21.6 Å². The van der Waals surface area contributed by atoms with Crippen LogP contribution in [0.5, 0.6) is 0 Å². The van der Waals surface area contributed by atoms with Gasteiger partial charge in [0.25, 0.3) is 0 Å². The molecule has 3 N–H and O–H groups in total. The minimum absolute atomic E-state index is 0.119. The van der Waals surface area contributed by atoms with Crippen LogP contribution in [-0.4, -0.2) is 38.5 Å². The van der Waals surface area contributed by atoms with E-state index in [-0.39, 0.29) is 21.9 Å². The van der Waals surface area contributed by atoms with Crippen molar-refractivity contribution in [3.63, 3.8) is 0 Å². The predicted molar refractivity (Wildman–Crippen MR) is 133 cm³/mol. The van der Waals surface area contributed by atoms with E-state index in [2.05, 4.69) is 30.1 Å². The minimum atomic E-state index is -4.58. The SMILES string of the molecule is CC(C)(C)NS(=O)(=O)c1cccc(-c2ccc3cnc(Nc4ccc5nc(C(F)(F)F)[nH]c5c4)nn23)c1. The Bertz CT molecular complexity index is 1730. The van der Waals surface area contributed by atoms with Crippen LogP contribution < -0.4 is 10.0 Å². The highest BCUT2D eigenvalue weighted by molar-refractivity contribution is 7.89. The molecule has 0 spiro atoms. The third-order valence-electron chi connectivity index (χ3n) is 5.29. The monoisotopic (exact) mass is 529 g/mol. The zero-order valence-corrected chi connectivity index (χ0v) is 20.7. The summed E-state index contributed by atoms with van der Waals surface area (Å²) in [5.41, 5.74) is 2.13. The summed E-state index contributed by atoms with van der Waals surface area (Å²) in [6.07, 6.45) is -3.00. The normalized spacial score (nSPS) is 12.9.